The molecule has 5 heteroatoms. The van der Waals surface area contributed by atoms with E-state index in [1.54, 1.807) is 6.92 Å². The van der Waals surface area contributed by atoms with Crippen molar-refractivity contribution in [3.8, 4) is 0 Å². The average molecular weight is 200 g/mol. The molecule has 0 fully saturated rings. The number of ketones is 1. The molecular formula is C7H14NaO3P+. The first-order chi connectivity index (χ1) is 5.27. The summed E-state index contributed by atoms with van der Waals surface area (Å²) in [4.78, 5) is 10.5. The zero-order valence-electron chi connectivity index (χ0n) is 7.76. The van der Waals surface area contributed by atoms with Crippen molar-refractivity contribution in [3.05, 3.63) is 0 Å². The van der Waals surface area contributed by atoms with Crippen LogP contribution < -0.4 is 0 Å². The Kier molecular flexibility index (Phi) is 14.9. The van der Waals surface area contributed by atoms with Crippen molar-refractivity contribution in [3.63, 3.8) is 0 Å². The number of carbonyl (C=O) groups is 1. The van der Waals surface area contributed by atoms with E-state index in [1.807, 2.05) is 0 Å². The van der Waals surface area contributed by atoms with Crippen LogP contribution in [-0.4, -0.2) is 41.9 Å². The number of hydrogen-bond donors (Lipinski definition) is 0. The molecule has 0 bridgehead atoms. The van der Waals surface area contributed by atoms with Crippen LogP contribution >= 0.6 is 8.69 Å². The number of unbranched alkanes of at least 4 members (excludes halogenated alkanes) is 2. The van der Waals surface area contributed by atoms with Gasteiger partial charge in [0.25, 0.3) is 0 Å². The zero-order valence-corrected chi connectivity index (χ0v) is 10.8. The van der Waals surface area contributed by atoms with E-state index in [0.717, 1.165) is 19.3 Å². The Morgan fingerprint density at radius 3 is 2.50 bits per heavy atom. The number of hydrogen-bond acceptors (Lipinski definition) is 3. The van der Waals surface area contributed by atoms with Gasteiger partial charge in [0, 0.05) is 36.0 Å². The summed E-state index contributed by atoms with van der Waals surface area (Å²) in [5.74, 6) is 0.233. The maximum atomic E-state index is 10.5. The summed E-state index contributed by atoms with van der Waals surface area (Å²) in [5.41, 5.74) is 0. The van der Waals surface area contributed by atoms with Crippen LogP contribution in [0.15, 0.2) is 0 Å². The molecular weight excluding hydrogens is 186 g/mol. The van der Waals surface area contributed by atoms with Gasteiger partial charge in [0.1, 0.15) is 12.4 Å². The first-order valence-electron chi connectivity index (χ1n) is 3.75. The molecule has 1 radical (unpaired) electrons. The quantitative estimate of drug-likeness (QED) is 0.357. The van der Waals surface area contributed by atoms with Gasteiger partial charge in [-0.3, -0.25) is 0 Å². The van der Waals surface area contributed by atoms with Crippen LogP contribution in [0, 0.1) is 0 Å². The SMILES string of the molecule is CC(=O)CCCCCO[PH+]=O.[Na]. The van der Waals surface area contributed by atoms with Gasteiger partial charge in [-0.25, -0.2) is 0 Å². The van der Waals surface area contributed by atoms with Crippen LogP contribution in [0.2, 0.25) is 0 Å². The average Bonchev–Trinajstić information content (AvgIpc) is 1.96. The standard InChI is InChI=1S/C7H14O3P.Na/c1-7(8)5-3-2-4-6-10-11-9;/h11H,2-6H2,1H3;/q+1;. The molecule has 0 rings (SSSR count). The fourth-order valence-corrected chi connectivity index (χ4v) is 0.994. The van der Waals surface area contributed by atoms with E-state index >= 15 is 0 Å². The van der Waals surface area contributed by atoms with Crippen LogP contribution in [0.4, 0.5) is 0 Å². The molecule has 1 atom stereocenters. The molecule has 0 aromatic carbocycles. The second-order valence-corrected chi connectivity index (χ2v) is 2.90. The molecule has 0 aromatic rings. The van der Waals surface area contributed by atoms with Crippen molar-refractivity contribution in [2.24, 2.45) is 0 Å². The van der Waals surface area contributed by atoms with Crippen molar-refractivity contribution in [1.29, 1.82) is 0 Å². The van der Waals surface area contributed by atoms with Crippen LogP contribution in [0.1, 0.15) is 32.6 Å². The van der Waals surface area contributed by atoms with E-state index in [2.05, 4.69) is 4.52 Å². The summed E-state index contributed by atoms with van der Waals surface area (Å²) in [6.07, 6.45) is 3.44. The third kappa shape index (κ3) is 13.3. The van der Waals surface area contributed by atoms with E-state index < -0.39 is 8.69 Å². The van der Waals surface area contributed by atoms with Crippen LogP contribution in [0.5, 0.6) is 0 Å². The fraction of sp³-hybridized carbons (Fsp3) is 0.857. The fourth-order valence-electron chi connectivity index (χ4n) is 0.767. The molecule has 12 heavy (non-hydrogen) atoms. The van der Waals surface area contributed by atoms with Gasteiger partial charge in [-0.2, -0.15) is 0 Å². The minimum atomic E-state index is -0.652. The van der Waals surface area contributed by atoms with Gasteiger partial charge in [0.15, 0.2) is 0 Å². The van der Waals surface area contributed by atoms with Crippen LogP contribution in [0.3, 0.4) is 0 Å². The Morgan fingerprint density at radius 1 is 1.33 bits per heavy atom. The maximum Gasteiger partial charge on any atom is 0.494 e. The predicted molar refractivity (Wildman–Crippen MR) is 49.9 cm³/mol. The molecule has 0 spiro atoms. The Morgan fingerprint density at radius 2 is 2.00 bits per heavy atom. The molecule has 0 heterocycles. The van der Waals surface area contributed by atoms with Crippen molar-refractivity contribution < 1.29 is 13.9 Å². The minimum absolute atomic E-state index is 0. The minimum Gasteiger partial charge on any atom is -0.300 e. The predicted octanol–water partition coefficient (Wildman–Crippen LogP) is 1.71. The molecule has 0 aliphatic rings. The van der Waals surface area contributed by atoms with E-state index in [4.69, 9.17) is 0 Å². The largest absolute Gasteiger partial charge is 0.494 e. The van der Waals surface area contributed by atoms with E-state index in [9.17, 15) is 9.36 Å². The molecule has 0 amide bonds. The number of rotatable bonds is 7. The monoisotopic (exact) mass is 200 g/mol. The van der Waals surface area contributed by atoms with Gasteiger partial charge in [-0.15, -0.1) is 4.52 Å². The normalized spacial score (nSPS) is 9.42. The van der Waals surface area contributed by atoms with Gasteiger partial charge in [0.05, 0.1) is 0 Å². The Bertz CT molecular complexity index is 130. The molecule has 0 aliphatic carbocycles. The first kappa shape index (κ1) is 15.2. The van der Waals surface area contributed by atoms with Gasteiger partial charge in [-0.1, -0.05) is 6.42 Å². The number of Topliss-reactive ketones (excluding diaryl/α,β-unsaturated/α-hetero) is 1. The van der Waals surface area contributed by atoms with Crippen molar-refractivity contribution in [1.82, 2.24) is 0 Å². The number of carbonyl (C=O) groups excluding carboxylic acids is 1. The molecule has 0 saturated carbocycles. The van der Waals surface area contributed by atoms with Crippen molar-refractivity contribution >= 4 is 44.0 Å². The third-order valence-corrected chi connectivity index (χ3v) is 1.66. The maximum absolute atomic E-state index is 10.5. The summed E-state index contributed by atoms with van der Waals surface area (Å²) in [6, 6.07) is 0. The summed E-state index contributed by atoms with van der Waals surface area (Å²) < 4.78 is 14.5. The van der Waals surface area contributed by atoms with Crippen LogP contribution in [0.25, 0.3) is 0 Å². The van der Waals surface area contributed by atoms with Gasteiger partial charge < -0.3 is 4.79 Å². The van der Waals surface area contributed by atoms with Gasteiger partial charge in [-0.05, 0) is 24.3 Å². The van der Waals surface area contributed by atoms with Gasteiger partial charge >= 0.3 is 8.69 Å². The molecule has 0 saturated heterocycles. The summed E-state index contributed by atoms with van der Waals surface area (Å²) in [5, 5.41) is 0. The zero-order chi connectivity index (χ0) is 8.53. The van der Waals surface area contributed by atoms with E-state index in [1.165, 1.54) is 0 Å². The Balaban J connectivity index is 0. The molecule has 0 aromatic heterocycles. The molecule has 1 unspecified atom stereocenters. The van der Waals surface area contributed by atoms with E-state index in [0.29, 0.717) is 13.0 Å². The Labute approximate surface area is 96.8 Å². The van der Waals surface area contributed by atoms with E-state index in [-0.39, 0.29) is 35.3 Å². The summed E-state index contributed by atoms with van der Waals surface area (Å²) in [6.45, 7) is 2.13. The topological polar surface area (TPSA) is 43.4 Å². The second kappa shape index (κ2) is 11.7. The first-order valence-corrected chi connectivity index (χ1v) is 4.57. The van der Waals surface area contributed by atoms with Crippen molar-refractivity contribution in [2.75, 3.05) is 6.61 Å². The van der Waals surface area contributed by atoms with Gasteiger partial charge in [0.2, 0.25) is 0 Å². The smallest absolute Gasteiger partial charge is 0.300 e. The summed E-state index contributed by atoms with van der Waals surface area (Å²) in [7, 11) is -0.652. The second-order valence-electron chi connectivity index (χ2n) is 2.44. The molecule has 0 N–H and O–H groups in total. The molecule has 65 valence electrons. The van der Waals surface area contributed by atoms with Crippen molar-refractivity contribution in [2.45, 2.75) is 32.6 Å². The van der Waals surface area contributed by atoms with Crippen LogP contribution in [-0.2, 0) is 13.9 Å². The molecule has 3 nitrogen and oxygen atoms in total. The Hall–Kier alpha value is 0.730. The molecule has 0 aliphatic heterocycles. The summed E-state index contributed by atoms with van der Waals surface area (Å²) >= 11 is 0. The third-order valence-electron chi connectivity index (χ3n) is 1.33.